The predicted molar refractivity (Wildman–Crippen MR) is 110 cm³/mol. The quantitative estimate of drug-likeness (QED) is 0.716. The molecule has 0 aromatic carbocycles. The summed E-state index contributed by atoms with van der Waals surface area (Å²) < 4.78 is 16.3. The van der Waals surface area contributed by atoms with Crippen molar-refractivity contribution in [2.24, 2.45) is 22.7 Å². The molecule has 28 heavy (non-hydrogen) atoms. The van der Waals surface area contributed by atoms with Crippen molar-refractivity contribution in [3.05, 3.63) is 36.5 Å². The van der Waals surface area contributed by atoms with Crippen LogP contribution in [-0.4, -0.2) is 39.4 Å². The van der Waals surface area contributed by atoms with Crippen LogP contribution in [0.2, 0.25) is 0 Å². The number of hydrogen-bond acceptors (Lipinski definition) is 4. The van der Waals surface area contributed by atoms with Crippen LogP contribution in [-0.2, 0) is 9.59 Å². The van der Waals surface area contributed by atoms with Gasteiger partial charge in [-0.2, -0.15) is 0 Å². The van der Waals surface area contributed by atoms with Crippen molar-refractivity contribution in [1.29, 1.82) is 0 Å². The smallest absolute Gasteiger partial charge is 0.178 e. The van der Waals surface area contributed by atoms with E-state index in [0.29, 0.717) is 25.7 Å². The van der Waals surface area contributed by atoms with E-state index in [1.54, 1.807) is 18.2 Å². The van der Waals surface area contributed by atoms with Gasteiger partial charge in [0.15, 0.2) is 11.5 Å². The molecule has 4 aliphatic carbocycles. The summed E-state index contributed by atoms with van der Waals surface area (Å²) in [4.78, 5) is 25.1. The standard InChI is InChI=1S/C23H29FO3S/c1-5-9-22(28-4)18(26)12-17-16-7-6-14-11-15(25)8-10-20(14,2)23(16,24)19(27)13-21(17,22)3/h5,8,10-11,16-17,19,27H,1,6-7,9,12-13H2,2-4H3/t16-,17-,19-,20-,21-,22-,23-/m0/s1. The van der Waals surface area contributed by atoms with Crippen molar-refractivity contribution < 1.29 is 19.1 Å². The first-order valence-corrected chi connectivity index (χ1v) is 11.3. The van der Waals surface area contributed by atoms with E-state index in [-0.39, 0.29) is 23.9 Å². The van der Waals surface area contributed by atoms with Crippen LogP contribution >= 0.6 is 11.8 Å². The molecule has 0 heterocycles. The molecule has 0 spiro atoms. The summed E-state index contributed by atoms with van der Waals surface area (Å²) in [5, 5.41) is 11.3. The van der Waals surface area contributed by atoms with Gasteiger partial charge in [0.05, 0.1) is 10.9 Å². The summed E-state index contributed by atoms with van der Waals surface area (Å²) >= 11 is 1.54. The fourth-order valence-electron chi connectivity index (χ4n) is 7.07. The van der Waals surface area contributed by atoms with E-state index in [1.807, 2.05) is 13.2 Å². The third-order valence-corrected chi connectivity index (χ3v) is 10.1. The zero-order chi connectivity index (χ0) is 20.5. The highest BCUT2D eigenvalue weighted by molar-refractivity contribution is 8.00. The summed E-state index contributed by atoms with van der Waals surface area (Å²) in [5.41, 5.74) is -2.59. The Morgan fingerprint density at radius 1 is 1.36 bits per heavy atom. The largest absolute Gasteiger partial charge is 0.390 e. The molecule has 0 aliphatic heterocycles. The maximum Gasteiger partial charge on any atom is 0.178 e. The third-order valence-electron chi connectivity index (χ3n) is 8.59. The lowest BCUT2D eigenvalue weighted by atomic mass is 9.45. The second-order valence-electron chi connectivity index (χ2n) is 9.42. The minimum Gasteiger partial charge on any atom is -0.390 e. The maximum absolute atomic E-state index is 16.9. The van der Waals surface area contributed by atoms with E-state index < -0.39 is 33.3 Å². The molecule has 0 radical (unpaired) electrons. The first-order chi connectivity index (χ1) is 13.1. The Morgan fingerprint density at radius 3 is 2.71 bits per heavy atom. The average Bonchev–Trinajstić information content (AvgIpc) is 2.85. The lowest BCUT2D eigenvalue weighted by molar-refractivity contribution is -0.192. The number of fused-ring (bicyclic) bond motifs is 5. The molecule has 3 fully saturated rings. The number of carbonyl (C=O) groups excluding carboxylic acids is 2. The van der Waals surface area contributed by atoms with Crippen LogP contribution in [0.1, 0.15) is 46.0 Å². The fraction of sp³-hybridized carbons (Fsp3) is 0.652. The Labute approximate surface area is 170 Å². The van der Waals surface area contributed by atoms with Crippen LogP contribution in [0, 0.1) is 22.7 Å². The van der Waals surface area contributed by atoms with Gasteiger partial charge in [0.2, 0.25) is 0 Å². The number of hydrogen-bond donors (Lipinski definition) is 1. The Bertz CT molecular complexity index is 819. The van der Waals surface area contributed by atoms with E-state index in [2.05, 4.69) is 13.5 Å². The molecular weight excluding hydrogens is 375 g/mol. The molecule has 0 amide bonds. The minimum atomic E-state index is -1.87. The summed E-state index contributed by atoms with van der Waals surface area (Å²) in [6, 6.07) is 0. The molecular formula is C23H29FO3S. The van der Waals surface area contributed by atoms with Crippen molar-refractivity contribution in [2.75, 3.05) is 6.26 Å². The second kappa shape index (κ2) is 6.15. The van der Waals surface area contributed by atoms with Gasteiger partial charge in [-0.3, -0.25) is 9.59 Å². The average molecular weight is 405 g/mol. The highest BCUT2D eigenvalue weighted by Crippen LogP contribution is 2.71. The van der Waals surface area contributed by atoms with Gasteiger partial charge >= 0.3 is 0 Å². The van der Waals surface area contributed by atoms with Crippen LogP contribution in [0.3, 0.4) is 0 Å². The predicted octanol–water partition coefficient (Wildman–Crippen LogP) is 4.21. The van der Waals surface area contributed by atoms with Gasteiger partial charge < -0.3 is 5.11 Å². The highest BCUT2D eigenvalue weighted by atomic mass is 32.2. The van der Waals surface area contributed by atoms with Crippen molar-refractivity contribution in [1.82, 2.24) is 0 Å². The molecule has 7 atom stereocenters. The fourth-order valence-corrected chi connectivity index (χ4v) is 8.36. The Kier molecular flexibility index (Phi) is 4.41. The molecule has 0 aromatic rings. The van der Waals surface area contributed by atoms with Crippen LogP contribution in [0.4, 0.5) is 4.39 Å². The topological polar surface area (TPSA) is 54.4 Å². The number of halogens is 1. The molecule has 4 aliphatic rings. The molecule has 0 aromatic heterocycles. The van der Waals surface area contributed by atoms with Gasteiger partial charge in [-0.25, -0.2) is 4.39 Å². The molecule has 1 N–H and O–H groups in total. The summed E-state index contributed by atoms with van der Waals surface area (Å²) in [6.45, 7) is 7.73. The number of Topliss-reactive ketones (excluding diaryl/α,β-unsaturated/α-hetero) is 1. The van der Waals surface area contributed by atoms with Gasteiger partial charge in [-0.05, 0) is 62.3 Å². The lowest BCUT2D eigenvalue weighted by Crippen LogP contribution is -2.68. The monoisotopic (exact) mass is 404 g/mol. The van der Waals surface area contributed by atoms with Crippen LogP contribution in [0.5, 0.6) is 0 Å². The minimum absolute atomic E-state index is 0.118. The van der Waals surface area contributed by atoms with Crippen molar-refractivity contribution in [3.8, 4) is 0 Å². The molecule has 4 rings (SSSR count). The zero-order valence-electron chi connectivity index (χ0n) is 16.8. The molecule has 5 heteroatoms. The Balaban J connectivity index is 1.85. The number of thioether (sulfide) groups is 1. The Morgan fingerprint density at radius 2 is 2.07 bits per heavy atom. The zero-order valence-corrected chi connectivity index (χ0v) is 17.7. The number of allylic oxidation sites excluding steroid dienone is 5. The van der Waals surface area contributed by atoms with Crippen LogP contribution < -0.4 is 0 Å². The van der Waals surface area contributed by atoms with E-state index in [1.165, 1.54) is 17.8 Å². The van der Waals surface area contributed by atoms with Gasteiger partial charge in [-0.15, -0.1) is 18.3 Å². The number of carbonyl (C=O) groups is 2. The molecule has 3 nitrogen and oxygen atoms in total. The first-order valence-electron chi connectivity index (χ1n) is 10.1. The molecule has 3 saturated carbocycles. The molecule has 0 bridgehead atoms. The van der Waals surface area contributed by atoms with Crippen LogP contribution in [0.25, 0.3) is 0 Å². The normalized spacial score (nSPS) is 49.9. The van der Waals surface area contributed by atoms with E-state index in [9.17, 15) is 14.7 Å². The van der Waals surface area contributed by atoms with E-state index in [0.717, 1.165) is 5.57 Å². The summed E-state index contributed by atoms with van der Waals surface area (Å²) in [5.74, 6) is -0.493. The highest BCUT2D eigenvalue weighted by Gasteiger charge is 2.74. The Hall–Kier alpha value is -1.20. The van der Waals surface area contributed by atoms with Crippen LogP contribution in [0.15, 0.2) is 36.5 Å². The lowest BCUT2D eigenvalue weighted by Gasteiger charge is -2.63. The maximum atomic E-state index is 16.9. The van der Waals surface area contributed by atoms with E-state index in [4.69, 9.17) is 0 Å². The number of alkyl halides is 1. The molecule has 0 saturated heterocycles. The number of aliphatic hydroxyl groups excluding tert-OH is 1. The molecule has 0 unspecified atom stereocenters. The molecule has 152 valence electrons. The van der Waals surface area contributed by atoms with Gasteiger partial charge in [-0.1, -0.05) is 24.6 Å². The van der Waals surface area contributed by atoms with Gasteiger partial charge in [0.25, 0.3) is 0 Å². The summed E-state index contributed by atoms with van der Waals surface area (Å²) in [6.07, 6.45) is 9.49. The van der Waals surface area contributed by atoms with Gasteiger partial charge in [0.1, 0.15) is 5.78 Å². The van der Waals surface area contributed by atoms with E-state index >= 15 is 4.39 Å². The van der Waals surface area contributed by atoms with Crippen molar-refractivity contribution >= 4 is 23.3 Å². The van der Waals surface area contributed by atoms with Crippen molar-refractivity contribution in [2.45, 2.75) is 62.5 Å². The number of aliphatic hydroxyl groups is 1. The third kappa shape index (κ3) is 2.10. The first kappa shape index (κ1) is 20.1. The SMILES string of the molecule is C=CC[C@]1(SC)C(=O)C[C@H]2[C@@H]3CCC4=CC(=O)C=C[C@]4(C)[C@@]3(F)[C@@H](O)C[C@@]21C. The number of rotatable bonds is 3. The van der Waals surface area contributed by atoms with Gasteiger partial charge in [0, 0.05) is 17.8 Å². The number of ketones is 2. The summed E-state index contributed by atoms with van der Waals surface area (Å²) in [7, 11) is 0. The second-order valence-corrected chi connectivity index (χ2v) is 10.5. The van der Waals surface area contributed by atoms with Crippen molar-refractivity contribution in [3.63, 3.8) is 0 Å².